The normalized spacial score (nSPS) is 32.8. The molecular weight excluding hydrogens is 176 g/mol. The van der Waals surface area contributed by atoms with Gasteiger partial charge in [-0.05, 0) is 19.5 Å². The number of rotatable bonds is 1. The molecule has 0 radical (unpaired) electrons. The second-order valence-corrected chi connectivity index (χ2v) is 3.83. The van der Waals surface area contributed by atoms with Crippen molar-refractivity contribution in [3.8, 4) is 0 Å². The van der Waals surface area contributed by atoms with Gasteiger partial charge in [-0.1, -0.05) is 20.8 Å². The monoisotopic (exact) mass is 200 g/mol. The zero-order valence-corrected chi connectivity index (χ0v) is 9.81. The molecule has 84 valence electrons. The average molecular weight is 200 g/mol. The van der Waals surface area contributed by atoms with Gasteiger partial charge in [0.1, 0.15) is 0 Å². The summed E-state index contributed by atoms with van der Waals surface area (Å²) in [5.41, 5.74) is 0.161. The van der Waals surface area contributed by atoms with Crippen LogP contribution in [0.15, 0.2) is 0 Å². The van der Waals surface area contributed by atoms with Crippen LogP contribution in [-0.2, 0) is 4.74 Å². The third-order valence-electron chi connectivity index (χ3n) is 2.98. The molecule has 3 heteroatoms. The van der Waals surface area contributed by atoms with E-state index < -0.39 is 0 Å². The first-order valence-corrected chi connectivity index (χ1v) is 5.92. The van der Waals surface area contributed by atoms with Gasteiger partial charge in [-0.3, -0.25) is 4.90 Å². The summed E-state index contributed by atoms with van der Waals surface area (Å²) in [5, 5.41) is 3.38. The van der Waals surface area contributed by atoms with Crippen LogP contribution in [-0.4, -0.2) is 49.8 Å². The molecule has 1 spiro atoms. The molecule has 2 saturated heterocycles. The summed E-state index contributed by atoms with van der Waals surface area (Å²) in [6.45, 7) is 12.7. The van der Waals surface area contributed by atoms with Gasteiger partial charge in [0.15, 0.2) is 0 Å². The van der Waals surface area contributed by atoms with Crippen molar-refractivity contribution in [2.75, 3.05) is 39.3 Å². The third kappa shape index (κ3) is 2.69. The van der Waals surface area contributed by atoms with Crippen LogP contribution in [0, 0.1) is 0 Å². The van der Waals surface area contributed by atoms with Crippen molar-refractivity contribution < 1.29 is 4.74 Å². The van der Waals surface area contributed by atoms with Crippen LogP contribution in [0.4, 0.5) is 0 Å². The Morgan fingerprint density at radius 3 is 2.79 bits per heavy atom. The molecule has 2 aliphatic rings. The lowest BCUT2D eigenvalue weighted by Gasteiger charge is -2.39. The van der Waals surface area contributed by atoms with E-state index >= 15 is 0 Å². The Bertz CT molecular complexity index is 155. The van der Waals surface area contributed by atoms with Crippen LogP contribution in [0.2, 0.25) is 0 Å². The van der Waals surface area contributed by atoms with Crippen molar-refractivity contribution >= 4 is 0 Å². The standard InChI is InChI=1S/C9H18N2O.C2H6/c1-2-11-5-6-12-9(8-11)3-4-10-7-9;1-2/h10H,2-8H2,1H3;1-2H3. The van der Waals surface area contributed by atoms with Crippen molar-refractivity contribution in [1.29, 1.82) is 0 Å². The Hall–Kier alpha value is -0.120. The molecule has 14 heavy (non-hydrogen) atoms. The van der Waals surface area contributed by atoms with Crippen LogP contribution in [0.1, 0.15) is 27.2 Å². The fraction of sp³-hybridized carbons (Fsp3) is 1.00. The molecule has 0 saturated carbocycles. The largest absolute Gasteiger partial charge is 0.371 e. The summed E-state index contributed by atoms with van der Waals surface area (Å²) in [4.78, 5) is 2.48. The van der Waals surface area contributed by atoms with Gasteiger partial charge in [-0.25, -0.2) is 0 Å². The summed E-state index contributed by atoms with van der Waals surface area (Å²) in [6.07, 6.45) is 1.18. The van der Waals surface area contributed by atoms with E-state index in [1.54, 1.807) is 0 Å². The molecule has 0 aromatic heterocycles. The minimum atomic E-state index is 0.161. The molecule has 0 aromatic rings. The van der Waals surface area contributed by atoms with Crippen LogP contribution in [0.5, 0.6) is 0 Å². The van der Waals surface area contributed by atoms with Gasteiger partial charge < -0.3 is 10.1 Å². The highest BCUT2D eigenvalue weighted by molar-refractivity contribution is 4.94. The highest BCUT2D eigenvalue weighted by Crippen LogP contribution is 2.24. The summed E-state index contributed by atoms with van der Waals surface area (Å²) in [5.74, 6) is 0. The predicted molar refractivity (Wildman–Crippen MR) is 59.6 cm³/mol. The van der Waals surface area contributed by atoms with Gasteiger partial charge in [0.05, 0.1) is 12.2 Å². The SMILES string of the molecule is CC.CCN1CCOC2(CCNC2)C1. The third-order valence-corrected chi connectivity index (χ3v) is 2.98. The molecule has 1 N–H and O–H groups in total. The van der Waals surface area contributed by atoms with E-state index in [-0.39, 0.29) is 5.60 Å². The van der Waals surface area contributed by atoms with E-state index in [9.17, 15) is 0 Å². The Balaban J connectivity index is 0.000000461. The number of likely N-dealkylation sites (N-methyl/N-ethyl adjacent to an activating group) is 1. The molecule has 2 heterocycles. The Kier molecular flexibility index (Phi) is 4.85. The van der Waals surface area contributed by atoms with Crippen LogP contribution in [0.3, 0.4) is 0 Å². The molecule has 0 bridgehead atoms. The van der Waals surface area contributed by atoms with Crippen LogP contribution < -0.4 is 5.32 Å². The Morgan fingerprint density at radius 2 is 2.21 bits per heavy atom. The van der Waals surface area contributed by atoms with Crippen molar-refractivity contribution in [3.05, 3.63) is 0 Å². The highest BCUT2D eigenvalue weighted by atomic mass is 16.5. The number of nitrogens with zero attached hydrogens (tertiary/aromatic N) is 1. The lowest BCUT2D eigenvalue weighted by molar-refractivity contribution is -0.0949. The number of nitrogens with one attached hydrogen (secondary N) is 1. The van der Waals surface area contributed by atoms with Gasteiger partial charge >= 0.3 is 0 Å². The number of ether oxygens (including phenoxy) is 1. The lowest BCUT2D eigenvalue weighted by atomic mass is 10.0. The summed E-state index contributed by atoms with van der Waals surface area (Å²) in [6, 6.07) is 0. The van der Waals surface area contributed by atoms with E-state index in [4.69, 9.17) is 4.74 Å². The van der Waals surface area contributed by atoms with E-state index in [1.165, 1.54) is 6.42 Å². The number of hydrogen-bond donors (Lipinski definition) is 1. The van der Waals surface area contributed by atoms with E-state index in [0.717, 1.165) is 39.3 Å². The molecule has 1 unspecified atom stereocenters. The maximum absolute atomic E-state index is 5.85. The second-order valence-electron chi connectivity index (χ2n) is 3.83. The van der Waals surface area contributed by atoms with Gasteiger partial charge in [0.2, 0.25) is 0 Å². The van der Waals surface area contributed by atoms with Gasteiger partial charge in [-0.15, -0.1) is 0 Å². The van der Waals surface area contributed by atoms with Crippen molar-refractivity contribution in [1.82, 2.24) is 10.2 Å². The van der Waals surface area contributed by atoms with Crippen LogP contribution in [0.25, 0.3) is 0 Å². The molecular formula is C11H24N2O. The smallest absolute Gasteiger partial charge is 0.0944 e. The summed E-state index contributed by atoms with van der Waals surface area (Å²) >= 11 is 0. The fourth-order valence-corrected chi connectivity index (χ4v) is 2.17. The van der Waals surface area contributed by atoms with Crippen molar-refractivity contribution in [3.63, 3.8) is 0 Å². The summed E-state index contributed by atoms with van der Waals surface area (Å²) < 4.78 is 5.85. The quantitative estimate of drug-likeness (QED) is 0.686. The predicted octanol–water partition coefficient (Wildman–Crippen LogP) is 1.10. The highest BCUT2D eigenvalue weighted by Gasteiger charge is 2.38. The van der Waals surface area contributed by atoms with Gasteiger partial charge in [0.25, 0.3) is 0 Å². The Morgan fingerprint density at radius 1 is 1.43 bits per heavy atom. The van der Waals surface area contributed by atoms with Gasteiger partial charge in [-0.2, -0.15) is 0 Å². The van der Waals surface area contributed by atoms with E-state index in [1.807, 2.05) is 13.8 Å². The molecule has 0 aromatic carbocycles. The minimum Gasteiger partial charge on any atom is -0.371 e. The van der Waals surface area contributed by atoms with E-state index in [2.05, 4.69) is 17.1 Å². The fourth-order valence-electron chi connectivity index (χ4n) is 2.17. The number of hydrogen-bond acceptors (Lipinski definition) is 3. The first kappa shape index (κ1) is 12.0. The van der Waals surface area contributed by atoms with E-state index in [0.29, 0.717) is 0 Å². The lowest BCUT2D eigenvalue weighted by Crippen LogP contribution is -2.52. The van der Waals surface area contributed by atoms with Crippen LogP contribution >= 0.6 is 0 Å². The molecule has 0 amide bonds. The topological polar surface area (TPSA) is 24.5 Å². The van der Waals surface area contributed by atoms with Gasteiger partial charge in [0, 0.05) is 19.6 Å². The zero-order chi connectivity index (χ0) is 10.4. The second kappa shape index (κ2) is 5.69. The molecule has 2 fully saturated rings. The first-order valence-electron chi connectivity index (χ1n) is 5.92. The first-order chi connectivity index (χ1) is 6.85. The van der Waals surface area contributed by atoms with Crippen molar-refractivity contribution in [2.24, 2.45) is 0 Å². The molecule has 2 rings (SSSR count). The average Bonchev–Trinajstić information content (AvgIpc) is 2.69. The molecule has 2 aliphatic heterocycles. The zero-order valence-electron chi connectivity index (χ0n) is 9.81. The Labute approximate surface area is 87.8 Å². The molecule has 1 atom stereocenters. The maximum atomic E-state index is 5.85. The minimum absolute atomic E-state index is 0.161. The molecule has 3 nitrogen and oxygen atoms in total. The summed E-state index contributed by atoms with van der Waals surface area (Å²) in [7, 11) is 0. The number of morpholine rings is 1. The van der Waals surface area contributed by atoms with Crippen molar-refractivity contribution in [2.45, 2.75) is 32.8 Å². The molecule has 0 aliphatic carbocycles. The maximum Gasteiger partial charge on any atom is 0.0944 e.